The van der Waals surface area contributed by atoms with E-state index in [1.54, 1.807) is 12.1 Å². The van der Waals surface area contributed by atoms with E-state index in [-0.39, 0.29) is 11.2 Å². The van der Waals surface area contributed by atoms with Gasteiger partial charge < -0.3 is 10.5 Å². The summed E-state index contributed by atoms with van der Waals surface area (Å²) in [5.74, 6) is 0.766. The number of carbonyl (C=O) groups excluding carboxylic acids is 1. The molecule has 0 aliphatic heterocycles. The number of ketones is 1. The van der Waals surface area contributed by atoms with E-state index in [2.05, 4.69) is 6.92 Å². The Bertz CT molecular complexity index is 390. The van der Waals surface area contributed by atoms with Gasteiger partial charge in [-0.1, -0.05) is 27.7 Å². The molecule has 0 aromatic heterocycles. The standard InChI is InChI=1S/C15H23NO2/c1-5-10-18-12-8-6-11(7-9-12)13(17)14(16)15(2,3)4/h6-9,14H,5,10,16H2,1-4H3. The maximum atomic E-state index is 12.2. The third kappa shape index (κ3) is 3.84. The molecule has 18 heavy (non-hydrogen) atoms. The molecule has 3 heteroatoms. The summed E-state index contributed by atoms with van der Waals surface area (Å²) < 4.78 is 5.48. The SMILES string of the molecule is CCCOc1ccc(C(=O)C(N)C(C)(C)C)cc1. The number of benzene rings is 1. The van der Waals surface area contributed by atoms with Gasteiger partial charge in [-0.2, -0.15) is 0 Å². The maximum Gasteiger partial charge on any atom is 0.180 e. The van der Waals surface area contributed by atoms with Gasteiger partial charge in [0.25, 0.3) is 0 Å². The molecule has 3 nitrogen and oxygen atoms in total. The van der Waals surface area contributed by atoms with Crippen molar-refractivity contribution in [3.8, 4) is 5.75 Å². The van der Waals surface area contributed by atoms with Gasteiger partial charge in [-0.25, -0.2) is 0 Å². The smallest absolute Gasteiger partial charge is 0.180 e. The van der Waals surface area contributed by atoms with Gasteiger partial charge in [0.15, 0.2) is 5.78 Å². The maximum absolute atomic E-state index is 12.2. The molecule has 0 spiro atoms. The van der Waals surface area contributed by atoms with Gasteiger partial charge in [-0.05, 0) is 36.1 Å². The number of hydrogen-bond acceptors (Lipinski definition) is 3. The summed E-state index contributed by atoms with van der Waals surface area (Å²) in [6, 6.07) is 6.70. The molecule has 0 bridgehead atoms. The lowest BCUT2D eigenvalue weighted by atomic mass is 9.83. The summed E-state index contributed by atoms with van der Waals surface area (Å²) in [6.45, 7) is 8.64. The third-order valence-electron chi connectivity index (χ3n) is 2.83. The lowest BCUT2D eigenvalue weighted by Crippen LogP contribution is -2.42. The van der Waals surface area contributed by atoms with Crippen molar-refractivity contribution in [2.45, 2.75) is 40.2 Å². The molecule has 0 heterocycles. The zero-order valence-corrected chi connectivity index (χ0v) is 11.7. The van der Waals surface area contributed by atoms with Gasteiger partial charge in [-0.15, -0.1) is 0 Å². The molecule has 1 unspecified atom stereocenters. The first-order chi connectivity index (χ1) is 8.36. The first-order valence-corrected chi connectivity index (χ1v) is 6.39. The van der Waals surface area contributed by atoms with Crippen LogP contribution in [0.1, 0.15) is 44.5 Å². The molecule has 100 valence electrons. The second-order valence-electron chi connectivity index (χ2n) is 5.58. The van der Waals surface area contributed by atoms with Crippen LogP contribution in [0.5, 0.6) is 5.75 Å². The molecule has 0 radical (unpaired) electrons. The zero-order valence-electron chi connectivity index (χ0n) is 11.7. The third-order valence-corrected chi connectivity index (χ3v) is 2.83. The zero-order chi connectivity index (χ0) is 13.8. The largest absolute Gasteiger partial charge is 0.494 e. The first kappa shape index (κ1) is 14.7. The molecule has 1 aromatic carbocycles. The van der Waals surface area contributed by atoms with Crippen molar-refractivity contribution in [2.24, 2.45) is 11.1 Å². The van der Waals surface area contributed by atoms with E-state index in [9.17, 15) is 4.79 Å². The second kappa shape index (κ2) is 6.01. The minimum absolute atomic E-state index is 0.0236. The molecule has 0 aliphatic rings. The van der Waals surface area contributed by atoms with Crippen molar-refractivity contribution >= 4 is 5.78 Å². The van der Waals surface area contributed by atoms with Crippen molar-refractivity contribution in [1.82, 2.24) is 0 Å². The number of carbonyl (C=O) groups is 1. The van der Waals surface area contributed by atoms with E-state index >= 15 is 0 Å². The number of hydrogen-bond donors (Lipinski definition) is 1. The molecule has 1 rings (SSSR count). The van der Waals surface area contributed by atoms with Crippen molar-refractivity contribution in [3.63, 3.8) is 0 Å². The number of nitrogens with two attached hydrogens (primary N) is 1. The minimum Gasteiger partial charge on any atom is -0.494 e. The summed E-state index contributed by atoms with van der Waals surface area (Å²) in [5.41, 5.74) is 6.38. The van der Waals surface area contributed by atoms with Crippen LogP contribution in [-0.4, -0.2) is 18.4 Å². The predicted molar refractivity (Wildman–Crippen MR) is 74.0 cm³/mol. The second-order valence-corrected chi connectivity index (χ2v) is 5.58. The molecular formula is C15H23NO2. The molecule has 0 saturated carbocycles. The average Bonchev–Trinajstić information content (AvgIpc) is 2.34. The molecule has 1 atom stereocenters. The number of rotatable bonds is 5. The van der Waals surface area contributed by atoms with Crippen LogP contribution in [0, 0.1) is 5.41 Å². The summed E-state index contributed by atoms with van der Waals surface area (Å²) in [5, 5.41) is 0. The first-order valence-electron chi connectivity index (χ1n) is 6.39. The van der Waals surface area contributed by atoms with Crippen molar-refractivity contribution in [2.75, 3.05) is 6.61 Å². The van der Waals surface area contributed by atoms with Gasteiger partial charge in [0.1, 0.15) is 5.75 Å². The highest BCUT2D eigenvalue weighted by molar-refractivity contribution is 6.00. The van der Waals surface area contributed by atoms with Gasteiger partial charge >= 0.3 is 0 Å². The van der Waals surface area contributed by atoms with Gasteiger partial charge in [-0.3, -0.25) is 4.79 Å². The molecular weight excluding hydrogens is 226 g/mol. The summed E-state index contributed by atoms with van der Waals surface area (Å²) in [4.78, 5) is 12.2. The van der Waals surface area contributed by atoms with Gasteiger partial charge in [0.05, 0.1) is 12.6 Å². The van der Waals surface area contributed by atoms with E-state index in [0.717, 1.165) is 12.2 Å². The fourth-order valence-corrected chi connectivity index (χ4v) is 1.51. The van der Waals surface area contributed by atoms with Crippen LogP contribution in [0.15, 0.2) is 24.3 Å². The molecule has 0 saturated heterocycles. The highest BCUT2D eigenvalue weighted by Crippen LogP contribution is 2.22. The van der Waals surface area contributed by atoms with Crippen LogP contribution in [0.2, 0.25) is 0 Å². The summed E-state index contributed by atoms with van der Waals surface area (Å²) >= 11 is 0. The fraction of sp³-hybridized carbons (Fsp3) is 0.533. The normalized spacial score (nSPS) is 13.2. The predicted octanol–water partition coefficient (Wildman–Crippen LogP) is 3.03. The summed E-state index contributed by atoms with van der Waals surface area (Å²) in [7, 11) is 0. The monoisotopic (exact) mass is 249 g/mol. The highest BCUT2D eigenvalue weighted by atomic mass is 16.5. The van der Waals surface area contributed by atoms with Crippen LogP contribution in [-0.2, 0) is 0 Å². The lowest BCUT2D eigenvalue weighted by Gasteiger charge is -2.25. The lowest BCUT2D eigenvalue weighted by molar-refractivity contribution is 0.0901. The summed E-state index contributed by atoms with van der Waals surface area (Å²) in [6.07, 6.45) is 0.968. The topological polar surface area (TPSA) is 52.3 Å². The van der Waals surface area contributed by atoms with Gasteiger partial charge in [0, 0.05) is 5.56 Å². The quantitative estimate of drug-likeness (QED) is 0.816. The minimum atomic E-state index is -0.486. The Kier molecular flexibility index (Phi) is 4.91. The van der Waals surface area contributed by atoms with Gasteiger partial charge in [0.2, 0.25) is 0 Å². The molecule has 0 aliphatic carbocycles. The van der Waals surface area contributed by atoms with Crippen molar-refractivity contribution < 1.29 is 9.53 Å². The number of ether oxygens (including phenoxy) is 1. The highest BCUT2D eigenvalue weighted by Gasteiger charge is 2.28. The van der Waals surface area contributed by atoms with Crippen LogP contribution in [0.4, 0.5) is 0 Å². The molecule has 2 N–H and O–H groups in total. The Morgan fingerprint density at radius 2 is 1.83 bits per heavy atom. The Morgan fingerprint density at radius 1 is 1.28 bits per heavy atom. The van der Waals surface area contributed by atoms with E-state index < -0.39 is 6.04 Å². The van der Waals surface area contributed by atoms with Crippen LogP contribution >= 0.6 is 0 Å². The Balaban J connectivity index is 2.76. The van der Waals surface area contributed by atoms with E-state index in [1.165, 1.54) is 0 Å². The van der Waals surface area contributed by atoms with Crippen LogP contribution < -0.4 is 10.5 Å². The van der Waals surface area contributed by atoms with Crippen molar-refractivity contribution in [3.05, 3.63) is 29.8 Å². The van der Waals surface area contributed by atoms with Crippen LogP contribution in [0.25, 0.3) is 0 Å². The van der Waals surface area contributed by atoms with Crippen molar-refractivity contribution in [1.29, 1.82) is 0 Å². The molecule has 0 fully saturated rings. The Hall–Kier alpha value is -1.35. The van der Waals surface area contributed by atoms with E-state index in [4.69, 9.17) is 10.5 Å². The van der Waals surface area contributed by atoms with Crippen LogP contribution in [0.3, 0.4) is 0 Å². The fourth-order valence-electron chi connectivity index (χ4n) is 1.51. The van der Waals surface area contributed by atoms with E-state index in [0.29, 0.717) is 12.2 Å². The number of Topliss-reactive ketones (excluding diaryl/α,β-unsaturated/α-hetero) is 1. The Morgan fingerprint density at radius 3 is 2.28 bits per heavy atom. The Labute approximate surface area is 109 Å². The van der Waals surface area contributed by atoms with E-state index in [1.807, 2.05) is 32.9 Å². The molecule has 1 aromatic rings. The average molecular weight is 249 g/mol. The molecule has 0 amide bonds.